The lowest BCUT2D eigenvalue weighted by molar-refractivity contribution is 1.39. The Morgan fingerprint density at radius 3 is 2.05 bits per heavy atom. The first-order chi connectivity index (χ1) is 9.16. The summed E-state index contributed by atoms with van der Waals surface area (Å²) in [5, 5.41) is 8.36. The zero-order chi connectivity index (χ0) is 13.1. The third-order valence-electron chi connectivity index (χ3n) is 4.53. The summed E-state index contributed by atoms with van der Waals surface area (Å²) in [5.41, 5.74) is 4.14. The molecule has 0 aliphatic carbocycles. The summed E-state index contributed by atoms with van der Waals surface area (Å²) in [7, 11) is 0. The van der Waals surface area contributed by atoms with Crippen molar-refractivity contribution in [2.75, 3.05) is 0 Å². The molecule has 0 unspecified atom stereocenters. The van der Waals surface area contributed by atoms with Gasteiger partial charge in [0.1, 0.15) is 0 Å². The summed E-state index contributed by atoms with van der Waals surface area (Å²) in [6.07, 6.45) is 0. The summed E-state index contributed by atoms with van der Waals surface area (Å²) in [4.78, 5) is 0. The molecule has 0 aliphatic heterocycles. The van der Waals surface area contributed by atoms with Crippen molar-refractivity contribution in [2.24, 2.45) is 0 Å². The third-order valence-corrected chi connectivity index (χ3v) is 4.53. The molecule has 0 heteroatoms. The molecule has 0 aromatic heterocycles. The van der Waals surface area contributed by atoms with Crippen LogP contribution in [0.5, 0.6) is 0 Å². The lowest BCUT2D eigenvalue weighted by atomic mass is 9.89. The van der Waals surface area contributed by atoms with Gasteiger partial charge in [-0.05, 0) is 69.8 Å². The maximum absolute atomic E-state index is 2.32. The van der Waals surface area contributed by atoms with Crippen LogP contribution in [0.25, 0.3) is 32.3 Å². The highest BCUT2D eigenvalue weighted by atomic mass is 14.1. The minimum absolute atomic E-state index is 1.35. The predicted molar refractivity (Wildman–Crippen MR) is 84.4 cm³/mol. The normalized spacial score (nSPS) is 11.9. The zero-order valence-electron chi connectivity index (χ0n) is 11.5. The van der Waals surface area contributed by atoms with Gasteiger partial charge in [0.2, 0.25) is 0 Å². The van der Waals surface area contributed by atoms with E-state index in [1.165, 1.54) is 49.0 Å². The van der Waals surface area contributed by atoms with E-state index in [9.17, 15) is 0 Å². The summed E-state index contributed by atoms with van der Waals surface area (Å²) >= 11 is 0. The monoisotopic (exact) mass is 244 g/mol. The van der Waals surface area contributed by atoms with Crippen LogP contribution in [0.3, 0.4) is 0 Å². The Balaban J connectivity index is 2.44. The molecule has 0 bridgehead atoms. The number of aryl methyl sites for hydroxylation is 3. The van der Waals surface area contributed by atoms with Gasteiger partial charge in [0.25, 0.3) is 0 Å². The van der Waals surface area contributed by atoms with Crippen LogP contribution in [-0.4, -0.2) is 0 Å². The first-order valence-corrected chi connectivity index (χ1v) is 6.81. The molecule has 0 heterocycles. The fraction of sp³-hybridized carbons (Fsp3) is 0.158. The topological polar surface area (TPSA) is 0 Å². The first-order valence-electron chi connectivity index (χ1n) is 6.81. The van der Waals surface area contributed by atoms with Crippen molar-refractivity contribution in [3.8, 4) is 0 Å². The van der Waals surface area contributed by atoms with Crippen molar-refractivity contribution in [3.63, 3.8) is 0 Å². The summed E-state index contributed by atoms with van der Waals surface area (Å²) in [5.74, 6) is 0. The van der Waals surface area contributed by atoms with Crippen LogP contribution < -0.4 is 0 Å². The SMILES string of the molecule is Cc1cc2ccc3ccc(C)c4ccc(c1C)c2c34. The summed E-state index contributed by atoms with van der Waals surface area (Å²) in [6, 6.07) is 15.9. The van der Waals surface area contributed by atoms with Crippen molar-refractivity contribution in [3.05, 3.63) is 59.2 Å². The lowest BCUT2D eigenvalue weighted by Gasteiger charge is -2.15. The molecule has 0 atom stereocenters. The fourth-order valence-electron chi connectivity index (χ4n) is 3.31. The van der Waals surface area contributed by atoms with Crippen LogP contribution in [0.4, 0.5) is 0 Å². The smallest absolute Gasteiger partial charge is 0.00238 e. The van der Waals surface area contributed by atoms with E-state index in [1.807, 2.05) is 0 Å². The maximum atomic E-state index is 2.32. The molecule has 4 aromatic carbocycles. The van der Waals surface area contributed by atoms with E-state index in [2.05, 4.69) is 63.2 Å². The van der Waals surface area contributed by atoms with Gasteiger partial charge < -0.3 is 0 Å². The van der Waals surface area contributed by atoms with Crippen LogP contribution >= 0.6 is 0 Å². The van der Waals surface area contributed by atoms with Crippen LogP contribution in [-0.2, 0) is 0 Å². The third kappa shape index (κ3) is 1.29. The minimum atomic E-state index is 1.35. The summed E-state index contributed by atoms with van der Waals surface area (Å²) in [6.45, 7) is 6.63. The van der Waals surface area contributed by atoms with Gasteiger partial charge in [-0.25, -0.2) is 0 Å². The quantitative estimate of drug-likeness (QED) is 0.358. The zero-order valence-corrected chi connectivity index (χ0v) is 11.5. The Kier molecular flexibility index (Phi) is 1.98. The van der Waals surface area contributed by atoms with Crippen LogP contribution in [0.15, 0.2) is 42.5 Å². The molecule has 0 fully saturated rings. The Morgan fingerprint density at radius 2 is 1.21 bits per heavy atom. The molecule has 0 nitrogen and oxygen atoms in total. The predicted octanol–water partition coefficient (Wildman–Crippen LogP) is 5.51. The Hall–Kier alpha value is -2.08. The largest absolute Gasteiger partial charge is 0.0581 e. The summed E-state index contributed by atoms with van der Waals surface area (Å²) < 4.78 is 0. The molecule has 0 radical (unpaired) electrons. The number of rotatable bonds is 0. The number of benzene rings is 4. The average molecular weight is 244 g/mol. The molecular weight excluding hydrogens is 228 g/mol. The van der Waals surface area contributed by atoms with E-state index >= 15 is 0 Å². The molecule has 0 saturated heterocycles. The van der Waals surface area contributed by atoms with Gasteiger partial charge in [-0.3, -0.25) is 0 Å². The molecule has 0 saturated carbocycles. The minimum Gasteiger partial charge on any atom is -0.0581 e. The van der Waals surface area contributed by atoms with Gasteiger partial charge in [0, 0.05) is 0 Å². The van der Waals surface area contributed by atoms with Gasteiger partial charge in [-0.15, -0.1) is 0 Å². The highest BCUT2D eigenvalue weighted by molar-refractivity contribution is 6.24. The highest BCUT2D eigenvalue weighted by Crippen LogP contribution is 2.37. The molecule has 4 aromatic rings. The van der Waals surface area contributed by atoms with Gasteiger partial charge in [0.15, 0.2) is 0 Å². The van der Waals surface area contributed by atoms with Gasteiger partial charge in [-0.1, -0.05) is 42.5 Å². The second-order valence-electron chi connectivity index (χ2n) is 5.62. The lowest BCUT2D eigenvalue weighted by Crippen LogP contribution is -1.90. The Morgan fingerprint density at radius 1 is 0.579 bits per heavy atom. The number of hydrogen-bond donors (Lipinski definition) is 0. The van der Waals surface area contributed by atoms with Gasteiger partial charge in [-0.2, -0.15) is 0 Å². The molecule has 0 spiro atoms. The molecule has 4 rings (SSSR count). The van der Waals surface area contributed by atoms with Crippen LogP contribution in [0.2, 0.25) is 0 Å². The van der Waals surface area contributed by atoms with Crippen LogP contribution in [0, 0.1) is 20.8 Å². The molecule has 0 aliphatic rings. The standard InChI is InChI=1S/C19H16/c1-11-4-5-14-6-7-15-10-12(2)13(3)17-9-8-16(11)18(14)19(15)17/h4-10H,1-3H3. The number of hydrogen-bond acceptors (Lipinski definition) is 0. The second kappa shape index (κ2) is 3.48. The van der Waals surface area contributed by atoms with Crippen molar-refractivity contribution >= 4 is 32.3 Å². The van der Waals surface area contributed by atoms with Crippen molar-refractivity contribution in [1.29, 1.82) is 0 Å². The van der Waals surface area contributed by atoms with E-state index in [1.54, 1.807) is 0 Å². The molecular formula is C19H16. The van der Waals surface area contributed by atoms with Crippen molar-refractivity contribution in [2.45, 2.75) is 20.8 Å². The Labute approximate surface area is 113 Å². The van der Waals surface area contributed by atoms with Crippen LogP contribution in [0.1, 0.15) is 16.7 Å². The molecule has 0 amide bonds. The fourth-order valence-corrected chi connectivity index (χ4v) is 3.31. The van der Waals surface area contributed by atoms with Crippen molar-refractivity contribution < 1.29 is 0 Å². The van der Waals surface area contributed by atoms with E-state index in [0.29, 0.717) is 0 Å². The second-order valence-corrected chi connectivity index (χ2v) is 5.62. The molecule has 0 N–H and O–H groups in total. The van der Waals surface area contributed by atoms with E-state index in [4.69, 9.17) is 0 Å². The molecule has 19 heavy (non-hydrogen) atoms. The average Bonchev–Trinajstić information content (AvgIpc) is 2.42. The Bertz CT molecular complexity index is 929. The maximum Gasteiger partial charge on any atom is -0.00238 e. The molecule has 92 valence electrons. The van der Waals surface area contributed by atoms with E-state index < -0.39 is 0 Å². The van der Waals surface area contributed by atoms with Crippen molar-refractivity contribution in [1.82, 2.24) is 0 Å². The van der Waals surface area contributed by atoms with E-state index in [-0.39, 0.29) is 0 Å². The highest BCUT2D eigenvalue weighted by Gasteiger charge is 2.11. The van der Waals surface area contributed by atoms with Gasteiger partial charge in [0.05, 0.1) is 0 Å². The first kappa shape index (κ1) is 10.8. The van der Waals surface area contributed by atoms with E-state index in [0.717, 1.165) is 0 Å². The van der Waals surface area contributed by atoms with Gasteiger partial charge >= 0.3 is 0 Å².